The van der Waals surface area contributed by atoms with Crippen LogP contribution >= 0.6 is 0 Å². The molecule has 6 N–H and O–H groups in total. The zero-order valence-electron chi connectivity index (χ0n) is 2.30. The van der Waals surface area contributed by atoms with Gasteiger partial charge in [0.15, 0.2) is 0 Å². The van der Waals surface area contributed by atoms with Gasteiger partial charge in [-0.25, -0.2) is 0 Å². The second-order valence-electron chi connectivity index (χ2n) is 0. The molecule has 0 amide bonds. The third-order valence-corrected chi connectivity index (χ3v) is 0. The third kappa shape index (κ3) is 104. The second-order valence-corrected chi connectivity index (χ2v) is 0. The Morgan fingerprint density at radius 2 is 0.600 bits per heavy atom. The van der Waals surface area contributed by atoms with Crippen molar-refractivity contribution in [2.24, 2.45) is 0 Å². The SMILES string of the molecule is O.O.[OH-].[OH-].[W]. The fourth-order valence-corrected chi connectivity index (χ4v) is 0. The molecule has 4 nitrogen and oxygen atoms in total. The van der Waals surface area contributed by atoms with Crippen LogP contribution in [0.1, 0.15) is 0 Å². The fourth-order valence-electron chi connectivity index (χ4n) is 0. The number of rotatable bonds is 0. The van der Waals surface area contributed by atoms with Crippen LogP contribution in [0.5, 0.6) is 0 Å². The van der Waals surface area contributed by atoms with E-state index in [1.807, 2.05) is 0 Å². The standard InChI is InChI=1S/4H2O.W/h4*1H2;/p-2. The quantitative estimate of drug-likeness (QED) is 0.495. The molecule has 0 aliphatic heterocycles. The molecule has 38 valence electrons. The minimum Gasteiger partial charge on any atom is -0.870 e. The van der Waals surface area contributed by atoms with Crippen LogP contribution in [0.2, 0.25) is 0 Å². The molecular formula is H6O4W-2. The topological polar surface area (TPSA) is 123 Å². The Balaban J connectivity index is 0. The molecule has 0 aromatic carbocycles. The summed E-state index contributed by atoms with van der Waals surface area (Å²) in [4.78, 5) is 0. The molecule has 0 saturated carbocycles. The summed E-state index contributed by atoms with van der Waals surface area (Å²) in [5, 5.41) is 0. The first-order valence-corrected chi connectivity index (χ1v) is 0. The van der Waals surface area contributed by atoms with Gasteiger partial charge in [0.2, 0.25) is 0 Å². The maximum absolute atomic E-state index is 0. The molecule has 0 aromatic rings. The zero-order chi connectivity index (χ0) is 0. The van der Waals surface area contributed by atoms with Crippen molar-refractivity contribution >= 4 is 0 Å². The van der Waals surface area contributed by atoms with Gasteiger partial charge in [0.1, 0.15) is 0 Å². The molecule has 0 bridgehead atoms. The Morgan fingerprint density at radius 1 is 0.600 bits per heavy atom. The Bertz CT molecular complexity index is 3.61. The predicted octanol–water partition coefficient (Wildman–Crippen LogP) is -2.01. The molecule has 0 unspecified atom stereocenters. The van der Waals surface area contributed by atoms with Crippen LogP contribution in [0, 0.1) is 0 Å². The normalized spacial score (nSPS) is 0. The molecule has 0 heterocycles. The van der Waals surface area contributed by atoms with Gasteiger partial charge >= 0.3 is 0 Å². The van der Waals surface area contributed by atoms with E-state index in [1.54, 1.807) is 0 Å². The van der Waals surface area contributed by atoms with Crippen molar-refractivity contribution in [3.63, 3.8) is 0 Å². The van der Waals surface area contributed by atoms with E-state index in [1.165, 1.54) is 0 Å². The van der Waals surface area contributed by atoms with E-state index in [-0.39, 0.29) is 43.0 Å². The maximum Gasteiger partial charge on any atom is 0 e. The van der Waals surface area contributed by atoms with E-state index in [4.69, 9.17) is 0 Å². The smallest absolute Gasteiger partial charge is 0 e. The van der Waals surface area contributed by atoms with Gasteiger partial charge in [-0.05, 0) is 0 Å². The van der Waals surface area contributed by atoms with E-state index in [9.17, 15) is 0 Å². The van der Waals surface area contributed by atoms with Crippen LogP contribution in [0.15, 0.2) is 0 Å². The molecular weight excluding hydrogens is 248 g/mol. The first-order valence-electron chi connectivity index (χ1n) is 0. The third-order valence-electron chi connectivity index (χ3n) is 0. The van der Waals surface area contributed by atoms with Gasteiger partial charge in [0.25, 0.3) is 0 Å². The molecule has 5 heavy (non-hydrogen) atoms. The summed E-state index contributed by atoms with van der Waals surface area (Å²) in [6, 6.07) is 0. The van der Waals surface area contributed by atoms with Crippen LogP contribution in [0.4, 0.5) is 0 Å². The van der Waals surface area contributed by atoms with Crippen molar-refractivity contribution in [2.75, 3.05) is 0 Å². The van der Waals surface area contributed by atoms with Crippen molar-refractivity contribution in [3.05, 3.63) is 0 Å². The molecule has 0 aliphatic carbocycles. The average Bonchev–Trinajstić information content (AvgIpc) is 0. The van der Waals surface area contributed by atoms with Crippen LogP contribution in [-0.4, -0.2) is 21.9 Å². The van der Waals surface area contributed by atoms with Crippen molar-refractivity contribution in [1.82, 2.24) is 0 Å². The van der Waals surface area contributed by atoms with Gasteiger partial charge in [-0.3, -0.25) is 0 Å². The Hall–Kier alpha value is 0.528. The van der Waals surface area contributed by atoms with E-state index in [2.05, 4.69) is 0 Å². The minimum atomic E-state index is 0. The molecule has 0 aromatic heterocycles. The minimum absolute atomic E-state index is 0. The molecule has 0 radical (unpaired) electrons. The molecule has 0 atom stereocenters. The summed E-state index contributed by atoms with van der Waals surface area (Å²) < 4.78 is 0. The van der Waals surface area contributed by atoms with Crippen molar-refractivity contribution in [1.29, 1.82) is 0 Å². The Kier molecular flexibility index (Phi) is 16400. The van der Waals surface area contributed by atoms with Gasteiger partial charge in [-0.15, -0.1) is 0 Å². The maximum atomic E-state index is 0. The molecule has 0 rings (SSSR count). The summed E-state index contributed by atoms with van der Waals surface area (Å²) >= 11 is 0. The van der Waals surface area contributed by atoms with Gasteiger partial charge in [0.05, 0.1) is 0 Å². The molecule has 0 fully saturated rings. The summed E-state index contributed by atoms with van der Waals surface area (Å²) in [7, 11) is 0. The first kappa shape index (κ1) is 406. The van der Waals surface area contributed by atoms with E-state index < -0.39 is 0 Å². The van der Waals surface area contributed by atoms with E-state index in [0.717, 1.165) is 0 Å². The summed E-state index contributed by atoms with van der Waals surface area (Å²) in [6.45, 7) is 0. The van der Waals surface area contributed by atoms with Crippen LogP contribution in [0.3, 0.4) is 0 Å². The fraction of sp³-hybridized carbons (Fsp3) is 0. The Morgan fingerprint density at radius 3 is 0.600 bits per heavy atom. The summed E-state index contributed by atoms with van der Waals surface area (Å²) in [6.07, 6.45) is 0. The zero-order valence-corrected chi connectivity index (χ0v) is 5.24. The number of hydrogen-bond donors (Lipinski definition) is 0. The van der Waals surface area contributed by atoms with Crippen molar-refractivity contribution in [3.8, 4) is 0 Å². The number of hydrogen-bond acceptors (Lipinski definition) is 2. The summed E-state index contributed by atoms with van der Waals surface area (Å²) in [5.74, 6) is 0. The summed E-state index contributed by atoms with van der Waals surface area (Å²) in [5.41, 5.74) is 0. The van der Waals surface area contributed by atoms with Gasteiger partial charge < -0.3 is 21.9 Å². The van der Waals surface area contributed by atoms with Crippen molar-refractivity contribution < 1.29 is 43.0 Å². The van der Waals surface area contributed by atoms with Crippen molar-refractivity contribution in [2.45, 2.75) is 0 Å². The molecule has 0 saturated heterocycles. The average molecular weight is 254 g/mol. The molecule has 5 heteroatoms. The predicted molar refractivity (Wildman–Crippen MR) is 11.1 cm³/mol. The van der Waals surface area contributed by atoms with E-state index in [0.29, 0.717) is 0 Å². The second kappa shape index (κ2) is 202. The first-order chi connectivity index (χ1) is 0. The monoisotopic (exact) mass is 254 g/mol. The van der Waals surface area contributed by atoms with Gasteiger partial charge in [-0.2, -0.15) is 0 Å². The molecule has 0 spiro atoms. The van der Waals surface area contributed by atoms with Crippen LogP contribution in [0.25, 0.3) is 0 Å². The van der Waals surface area contributed by atoms with Gasteiger partial charge in [0, 0.05) is 21.1 Å². The largest absolute Gasteiger partial charge is 0.870 e. The van der Waals surface area contributed by atoms with Crippen LogP contribution < -0.4 is 0 Å². The molecule has 0 aliphatic rings. The van der Waals surface area contributed by atoms with Gasteiger partial charge in [-0.1, -0.05) is 0 Å². The van der Waals surface area contributed by atoms with Crippen LogP contribution in [-0.2, 0) is 21.1 Å². The Labute approximate surface area is 43.7 Å². The van der Waals surface area contributed by atoms with E-state index >= 15 is 0 Å².